The molecule has 0 spiro atoms. The number of hydrogen-bond donors (Lipinski definition) is 1. The maximum atomic E-state index is 13.3. The number of nitrogens with one attached hydrogen (secondary N) is 1. The number of carbonyl (C=O) groups excluding carboxylic acids is 2. The van der Waals surface area contributed by atoms with Crippen molar-refractivity contribution in [3.8, 4) is 5.75 Å². The van der Waals surface area contributed by atoms with Gasteiger partial charge in [0, 0.05) is 38.3 Å². The number of nitrogens with zero attached hydrogens (tertiary/aromatic N) is 2. The van der Waals surface area contributed by atoms with Crippen LogP contribution >= 0.6 is 0 Å². The van der Waals surface area contributed by atoms with Crippen LogP contribution in [-0.2, 0) is 11.2 Å². The number of aryl methyl sites for hydroxylation is 1. The summed E-state index contributed by atoms with van der Waals surface area (Å²) in [6.45, 7) is 5.46. The molecule has 1 aliphatic heterocycles. The third kappa shape index (κ3) is 5.98. The summed E-state index contributed by atoms with van der Waals surface area (Å²) in [4.78, 5) is 30.5. The molecule has 1 aliphatic carbocycles. The molecule has 0 bridgehead atoms. The van der Waals surface area contributed by atoms with Crippen LogP contribution in [0.5, 0.6) is 5.75 Å². The minimum atomic E-state index is -0.102. The molecule has 2 fully saturated rings. The van der Waals surface area contributed by atoms with Crippen molar-refractivity contribution in [2.45, 2.75) is 45.1 Å². The molecule has 34 heavy (non-hydrogen) atoms. The lowest BCUT2D eigenvalue weighted by molar-refractivity contribution is -0.129. The van der Waals surface area contributed by atoms with E-state index < -0.39 is 0 Å². The van der Waals surface area contributed by atoms with Gasteiger partial charge < -0.3 is 15.0 Å². The number of rotatable bonds is 8. The van der Waals surface area contributed by atoms with Crippen molar-refractivity contribution in [1.29, 1.82) is 0 Å². The van der Waals surface area contributed by atoms with Crippen molar-refractivity contribution in [3.05, 3.63) is 65.2 Å². The Morgan fingerprint density at radius 3 is 2.24 bits per heavy atom. The normalized spacial score (nSPS) is 18.0. The largest absolute Gasteiger partial charge is 0.497 e. The fourth-order valence-electron chi connectivity index (χ4n) is 5.26. The number of methoxy groups -OCH3 is 1. The second-order valence-corrected chi connectivity index (χ2v) is 9.57. The van der Waals surface area contributed by atoms with E-state index in [-0.39, 0.29) is 17.9 Å². The van der Waals surface area contributed by atoms with E-state index >= 15 is 0 Å². The molecule has 1 N–H and O–H groups in total. The van der Waals surface area contributed by atoms with Crippen LogP contribution in [0.15, 0.2) is 48.5 Å². The summed E-state index contributed by atoms with van der Waals surface area (Å²) in [7, 11) is 1.66. The smallest absolute Gasteiger partial charge is 0.253 e. The lowest BCUT2D eigenvalue weighted by Crippen LogP contribution is -2.58. The fourth-order valence-corrected chi connectivity index (χ4v) is 5.26. The number of hydrogen-bond acceptors (Lipinski definition) is 4. The van der Waals surface area contributed by atoms with E-state index in [0.717, 1.165) is 49.2 Å². The standard InChI is InChI=1S/C28H37N3O3/c1-21-7-11-24(12-8-21)28(33)31-19-17-30(18-20-31)26(23-5-3-4-6-23)27(32)29-16-15-22-9-13-25(34-2)14-10-22/h7-14,23,26H,3-6,15-20H2,1-2H3,(H,29,32). The van der Waals surface area contributed by atoms with Gasteiger partial charge in [-0.2, -0.15) is 0 Å². The lowest BCUT2D eigenvalue weighted by Gasteiger charge is -2.40. The first-order valence-electron chi connectivity index (χ1n) is 12.6. The van der Waals surface area contributed by atoms with Crippen molar-refractivity contribution in [2.75, 3.05) is 39.8 Å². The number of benzene rings is 2. The van der Waals surface area contributed by atoms with Crippen LogP contribution in [0.3, 0.4) is 0 Å². The van der Waals surface area contributed by atoms with Gasteiger partial charge in [0.1, 0.15) is 5.75 Å². The molecule has 2 aromatic carbocycles. The summed E-state index contributed by atoms with van der Waals surface area (Å²) < 4.78 is 5.22. The topological polar surface area (TPSA) is 61.9 Å². The second-order valence-electron chi connectivity index (χ2n) is 9.57. The van der Waals surface area contributed by atoms with Crippen LogP contribution in [0.4, 0.5) is 0 Å². The van der Waals surface area contributed by atoms with Gasteiger partial charge in [0.05, 0.1) is 13.2 Å². The van der Waals surface area contributed by atoms with Gasteiger partial charge in [-0.3, -0.25) is 14.5 Å². The van der Waals surface area contributed by atoms with Gasteiger partial charge in [-0.15, -0.1) is 0 Å². The van der Waals surface area contributed by atoms with E-state index in [1.807, 2.05) is 60.4 Å². The molecule has 1 heterocycles. The van der Waals surface area contributed by atoms with Crippen LogP contribution in [-0.4, -0.2) is 67.5 Å². The molecule has 6 heteroatoms. The molecule has 2 amide bonds. The Kier molecular flexibility index (Phi) is 8.22. The van der Waals surface area contributed by atoms with E-state index in [1.54, 1.807) is 7.11 Å². The Morgan fingerprint density at radius 1 is 0.971 bits per heavy atom. The molecule has 1 atom stereocenters. The van der Waals surface area contributed by atoms with Gasteiger partial charge in [0.25, 0.3) is 5.91 Å². The van der Waals surface area contributed by atoms with E-state index in [2.05, 4.69) is 10.2 Å². The summed E-state index contributed by atoms with van der Waals surface area (Å²) in [5, 5.41) is 3.21. The average Bonchev–Trinajstić information content (AvgIpc) is 3.39. The summed E-state index contributed by atoms with van der Waals surface area (Å²) in [6, 6.07) is 15.7. The minimum Gasteiger partial charge on any atom is -0.497 e. The number of piperazine rings is 1. The second kappa shape index (κ2) is 11.5. The highest BCUT2D eigenvalue weighted by atomic mass is 16.5. The Labute approximate surface area is 203 Å². The predicted molar refractivity (Wildman–Crippen MR) is 134 cm³/mol. The fraction of sp³-hybridized carbons (Fsp3) is 0.500. The van der Waals surface area contributed by atoms with E-state index in [1.165, 1.54) is 18.4 Å². The van der Waals surface area contributed by atoms with E-state index in [9.17, 15) is 9.59 Å². The molecule has 1 saturated heterocycles. The quantitative estimate of drug-likeness (QED) is 0.649. The molecule has 6 nitrogen and oxygen atoms in total. The maximum Gasteiger partial charge on any atom is 0.253 e. The molecule has 2 aromatic rings. The SMILES string of the molecule is COc1ccc(CCNC(=O)C(C2CCCC2)N2CCN(C(=O)c3ccc(C)cc3)CC2)cc1. The maximum absolute atomic E-state index is 13.3. The third-order valence-electron chi connectivity index (χ3n) is 7.28. The Hall–Kier alpha value is -2.86. The predicted octanol–water partition coefficient (Wildman–Crippen LogP) is 3.68. The highest BCUT2D eigenvalue weighted by molar-refractivity contribution is 5.94. The van der Waals surface area contributed by atoms with Crippen molar-refractivity contribution in [3.63, 3.8) is 0 Å². The molecule has 2 aliphatic rings. The van der Waals surface area contributed by atoms with Crippen molar-refractivity contribution < 1.29 is 14.3 Å². The molecule has 1 unspecified atom stereocenters. The molecule has 4 rings (SSSR count). The summed E-state index contributed by atoms with van der Waals surface area (Å²) in [5.74, 6) is 1.47. The Balaban J connectivity index is 1.33. The third-order valence-corrected chi connectivity index (χ3v) is 7.28. The van der Waals surface area contributed by atoms with Gasteiger partial charge >= 0.3 is 0 Å². The van der Waals surface area contributed by atoms with Gasteiger partial charge in [-0.25, -0.2) is 0 Å². The molecule has 0 radical (unpaired) electrons. The van der Waals surface area contributed by atoms with E-state index in [0.29, 0.717) is 25.6 Å². The molecule has 1 saturated carbocycles. The van der Waals surface area contributed by atoms with Crippen molar-refractivity contribution in [2.24, 2.45) is 5.92 Å². The van der Waals surface area contributed by atoms with Crippen LogP contribution in [0, 0.1) is 12.8 Å². The Bertz CT molecular complexity index is 944. The van der Waals surface area contributed by atoms with E-state index in [4.69, 9.17) is 4.74 Å². The average molecular weight is 464 g/mol. The zero-order valence-electron chi connectivity index (χ0n) is 20.5. The van der Waals surface area contributed by atoms with Gasteiger partial charge in [0.2, 0.25) is 5.91 Å². The molecule has 182 valence electrons. The van der Waals surface area contributed by atoms with Crippen LogP contribution < -0.4 is 10.1 Å². The van der Waals surface area contributed by atoms with Crippen molar-refractivity contribution in [1.82, 2.24) is 15.1 Å². The zero-order valence-corrected chi connectivity index (χ0v) is 20.5. The minimum absolute atomic E-state index is 0.0843. The summed E-state index contributed by atoms with van der Waals surface area (Å²) >= 11 is 0. The van der Waals surface area contributed by atoms with Gasteiger partial charge in [-0.1, -0.05) is 42.7 Å². The van der Waals surface area contributed by atoms with Crippen LogP contribution in [0.2, 0.25) is 0 Å². The van der Waals surface area contributed by atoms with Crippen LogP contribution in [0.25, 0.3) is 0 Å². The first-order chi connectivity index (χ1) is 16.5. The Morgan fingerprint density at radius 2 is 1.62 bits per heavy atom. The summed E-state index contributed by atoms with van der Waals surface area (Å²) in [5.41, 5.74) is 3.07. The monoisotopic (exact) mass is 463 g/mol. The molecule has 0 aromatic heterocycles. The zero-order chi connectivity index (χ0) is 23.9. The molecular weight excluding hydrogens is 426 g/mol. The lowest BCUT2D eigenvalue weighted by atomic mass is 9.94. The summed E-state index contributed by atoms with van der Waals surface area (Å²) in [6.07, 6.45) is 5.42. The number of ether oxygens (including phenoxy) is 1. The highest BCUT2D eigenvalue weighted by Gasteiger charge is 2.37. The first-order valence-corrected chi connectivity index (χ1v) is 12.6. The molecular formula is C28H37N3O3. The number of carbonyl (C=O) groups is 2. The number of amides is 2. The van der Waals surface area contributed by atoms with Gasteiger partial charge in [0.15, 0.2) is 0 Å². The van der Waals surface area contributed by atoms with Crippen LogP contribution in [0.1, 0.15) is 47.2 Å². The van der Waals surface area contributed by atoms with Gasteiger partial charge in [-0.05, 0) is 61.9 Å². The highest BCUT2D eigenvalue weighted by Crippen LogP contribution is 2.31. The van der Waals surface area contributed by atoms with Crippen molar-refractivity contribution >= 4 is 11.8 Å². The first kappa shape index (κ1) is 24.3.